The second-order valence-corrected chi connectivity index (χ2v) is 6.30. The molecule has 0 unspecified atom stereocenters. The van der Waals surface area contributed by atoms with Crippen molar-refractivity contribution in [3.8, 4) is 11.5 Å². The summed E-state index contributed by atoms with van der Waals surface area (Å²) >= 11 is 5.35. The van der Waals surface area contributed by atoms with Gasteiger partial charge >= 0.3 is 0 Å². The predicted octanol–water partition coefficient (Wildman–Crippen LogP) is 3.79. The van der Waals surface area contributed by atoms with Crippen LogP contribution in [0.1, 0.15) is 23.6 Å². The molecule has 0 spiro atoms. The molecule has 0 aliphatic carbocycles. The van der Waals surface area contributed by atoms with E-state index in [1.165, 1.54) is 0 Å². The minimum atomic E-state index is 0.453. The first-order valence-electron chi connectivity index (χ1n) is 8.12. The molecule has 2 N–H and O–H groups in total. The molecule has 0 amide bonds. The van der Waals surface area contributed by atoms with Gasteiger partial charge in [-0.3, -0.25) is 5.43 Å². The van der Waals surface area contributed by atoms with Crippen LogP contribution in [0.2, 0.25) is 0 Å². The van der Waals surface area contributed by atoms with Gasteiger partial charge in [-0.2, -0.15) is 5.10 Å². The molecule has 6 heteroatoms. The summed E-state index contributed by atoms with van der Waals surface area (Å²) in [6.45, 7) is 7.15. The lowest BCUT2D eigenvalue weighted by atomic mass is 10.1. The van der Waals surface area contributed by atoms with Crippen molar-refractivity contribution in [2.75, 3.05) is 18.5 Å². The molecule has 25 heavy (non-hydrogen) atoms. The highest BCUT2D eigenvalue weighted by Crippen LogP contribution is 2.30. The average Bonchev–Trinajstić information content (AvgIpc) is 2.62. The van der Waals surface area contributed by atoms with Crippen LogP contribution < -0.4 is 20.2 Å². The highest BCUT2D eigenvalue weighted by Gasteiger charge is 2.12. The van der Waals surface area contributed by atoms with Gasteiger partial charge in [0.15, 0.2) is 16.6 Å². The number of hydrogen-bond acceptors (Lipinski definition) is 4. The maximum Gasteiger partial charge on any atom is 0.191 e. The SMILES string of the molecule is CC(=NNC(=S)Nc1c(C)cccc1C)c1ccc2c(c1)OCCO2. The summed E-state index contributed by atoms with van der Waals surface area (Å²) in [6.07, 6.45) is 0. The third-order valence-electron chi connectivity index (χ3n) is 4.00. The van der Waals surface area contributed by atoms with E-state index < -0.39 is 0 Å². The fraction of sp³-hybridized carbons (Fsp3) is 0.263. The number of nitrogens with one attached hydrogen (secondary N) is 2. The van der Waals surface area contributed by atoms with Crippen molar-refractivity contribution in [3.05, 3.63) is 53.1 Å². The number of aryl methyl sites for hydroxylation is 2. The number of hydrazone groups is 1. The third-order valence-corrected chi connectivity index (χ3v) is 4.20. The Morgan fingerprint density at radius 2 is 1.72 bits per heavy atom. The van der Waals surface area contributed by atoms with Gasteiger partial charge in [0.05, 0.1) is 5.71 Å². The lowest BCUT2D eigenvalue weighted by Gasteiger charge is -2.18. The van der Waals surface area contributed by atoms with E-state index in [1.54, 1.807) is 0 Å². The minimum Gasteiger partial charge on any atom is -0.486 e. The van der Waals surface area contributed by atoms with Crippen molar-refractivity contribution < 1.29 is 9.47 Å². The molecule has 2 aromatic rings. The first kappa shape index (κ1) is 17.2. The van der Waals surface area contributed by atoms with Crippen molar-refractivity contribution in [2.24, 2.45) is 5.10 Å². The van der Waals surface area contributed by atoms with E-state index in [1.807, 2.05) is 57.2 Å². The summed E-state index contributed by atoms with van der Waals surface area (Å²) < 4.78 is 11.1. The molecule has 0 atom stereocenters. The van der Waals surface area contributed by atoms with Crippen LogP contribution >= 0.6 is 12.2 Å². The molecule has 130 valence electrons. The average molecular weight is 355 g/mol. The third kappa shape index (κ3) is 4.09. The topological polar surface area (TPSA) is 54.9 Å². The number of hydrogen-bond donors (Lipinski definition) is 2. The number of rotatable bonds is 3. The van der Waals surface area contributed by atoms with Crippen molar-refractivity contribution in [1.29, 1.82) is 0 Å². The van der Waals surface area contributed by atoms with Crippen LogP contribution in [0, 0.1) is 13.8 Å². The number of benzene rings is 2. The zero-order valence-electron chi connectivity index (χ0n) is 14.6. The Morgan fingerprint density at radius 3 is 2.44 bits per heavy atom. The number of nitrogens with zero attached hydrogens (tertiary/aromatic N) is 1. The van der Waals surface area contributed by atoms with Crippen LogP contribution in [-0.4, -0.2) is 24.0 Å². The first-order chi connectivity index (χ1) is 12.0. The van der Waals surface area contributed by atoms with Crippen LogP contribution in [0.25, 0.3) is 0 Å². The fourth-order valence-corrected chi connectivity index (χ4v) is 2.77. The normalized spacial score (nSPS) is 13.3. The lowest BCUT2D eigenvalue weighted by Crippen LogP contribution is -2.25. The van der Waals surface area contributed by atoms with Gasteiger partial charge in [-0.25, -0.2) is 0 Å². The van der Waals surface area contributed by atoms with Gasteiger partial charge in [0.2, 0.25) is 0 Å². The number of thiocarbonyl (C=S) groups is 1. The fourth-order valence-electron chi connectivity index (χ4n) is 2.62. The van der Waals surface area contributed by atoms with Crippen molar-refractivity contribution in [3.63, 3.8) is 0 Å². The molecular formula is C19H21N3O2S. The zero-order chi connectivity index (χ0) is 17.8. The Hall–Kier alpha value is -2.60. The van der Waals surface area contributed by atoms with Crippen LogP contribution in [0.15, 0.2) is 41.5 Å². The summed E-state index contributed by atoms with van der Waals surface area (Å²) in [5.41, 5.74) is 7.94. The highest BCUT2D eigenvalue weighted by molar-refractivity contribution is 7.80. The van der Waals surface area contributed by atoms with Crippen molar-refractivity contribution in [2.45, 2.75) is 20.8 Å². The summed E-state index contributed by atoms with van der Waals surface area (Å²) in [4.78, 5) is 0. The second-order valence-electron chi connectivity index (χ2n) is 5.89. The van der Waals surface area contributed by atoms with E-state index in [2.05, 4.69) is 15.8 Å². The molecule has 0 saturated carbocycles. The monoisotopic (exact) mass is 355 g/mol. The molecule has 1 heterocycles. The zero-order valence-corrected chi connectivity index (χ0v) is 15.4. The van der Waals surface area contributed by atoms with Crippen molar-refractivity contribution >= 4 is 28.7 Å². The van der Waals surface area contributed by atoms with Gasteiger partial charge in [0, 0.05) is 11.3 Å². The lowest BCUT2D eigenvalue weighted by molar-refractivity contribution is 0.171. The number of anilines is 1. The molecule has 0 bridgehead atoms. The summed E-state index contributed by atoms with van der Waals surface area (Å²) in [7, 11) is 0. The smallest absolute Gasteiger partial charge is 0.191 e. The van der Waals surface area contributed by atoms with Gasteiger partial charge in [-0.15, -0.1) is 0 Å². The van der Waals surface area contributed by atoms with E-state index in [4.69, 9.17) is 21.7 Å². The molecule has 2 aromatic carbocycles. The second kappa shape index (κ2) is 7.53. The van der Waals surface area contributed by atoms with Crippen molar-refractivity contribution in [1.82, 2.24) is 5.43 Å². The molecule has 0 saturated heterocycles. The number of para-hydroxylation sites is 1. The standard InChI is InChI=1S/C19H21N3O2S/c1-12-5-4-6-13(2)18(12)20-19(25)22-21-14(3)15-7-8-16-17(11-15)24-10-9-23-16/h4-8,11H,9-10H2,1-3H3,(H2,20,22,25). The van der Waals surface area contributed by atoms with Gasteiger partial charge in [-0.05, 0) is 62.3 Å². The maximum atomic E-state index is 5.61. The molecule has 0 fully saturated rings. The van der Waals surface area contributed by atoms with Gasteiger partial charge in [0.1, 0.15) is 13.2 Å². The van der Waals surface area contributed by atoms with E-state index in [0.29, 0.717) is 18.3 Å². The van der Waals surface area contributed by atoms with E-state index in [9.17, 15) is 0 Å². The van der Waals surface area contributed by atoms with E-state index >= 15 is 0 Å². The first-order valence-corrected chi connectivity index (χ1v) is 8.53. The number of ether oxygens (including phenoxy) is 2. The Bertz CT molecular complexity index is 813. The maximum absolute atomic E-state index is 5.61. The minimum absolute atomic E-state index is 0.453. The van der Waals surface area contributed by atoms with Gasteiger partial charge in [-0.1, -0.05) is 18.2 Å². The Morgan fingerprint density at radius 1 is 1.04 bits per heavy atom. The van der Waals surface area contributed by atoms with Crippen LogP contribution in [0.5, 0.6) is 11.5 Å². The van der Waals surface area contributed by atoms with Crippen LogP contribution in [0.4, 0.5) is 5.69 Å². The molecular weight excluding hydrogens is 334 g/mol. The highest BCUT2D eigenvalue weighted by atomic mass is 32.1. The Labute approximate surface area is 153 Å². The number of fused-ring (bicyclic) bond motifs is 1. The van der Waals surface area contributed by atoms with Gasteiger partial charge < -0.3 is 14.8 Å². The molecule has 0 radical (unpaired) electrons. The summed E-state index contributed by atoms with van der Waals surface area (Å²) in [5.74, 6) is 1.51. The summed E-state index contributed by atoms with van der Waals surface area (Å²) in [5, 5.41) is 8.02. The Balaban J connectivity index is 1.68. The predicted molar refractivity (Wildman–Crippen MR) is 105 cm³/mol. The van der Waals surface area contributed by atoms with Crippen LogP contribution in [-0.2, 0) is 0 Å². The molecule has 1 aliphatic heterocycles. The van der Waals surface area contributed by atoms with E-state index in [-0.39, 0.29) is 0 Å². The van der Waals surface area contributed by atoms with Crippen LogP contribution in [0.3, 0.4) is 0 Å². The molecule has 1 aliphatic rings. The quantitative estimate of drug-likeness (QED) is 0.498. The summed E-state index contributed by atoms with van der Waals surface area (Å²) in [6, 6.07) is 11.9. The van der Waals surface area contributed by atoms with E-state index in [0.717, 1.165) is 39.6 Å². The molecule has 3 rings (SSSR count). The Kier molecular flexibility index (Phi) is 5.19. The van der Waals surface area contributed by atoms with Gasteiger partial charge in [0.25, 0.3) is 0 Å². The largest absolute Gasteiger partial charge is 0.486 e. The molecule has 0 aromatic heterocycles. The molecule has 5 nitrogen and oxygen atoms in total.